The third-order valence-corrected chi connectivity index (χ3v) is 6.98. The van der Waals surface area contributed by atoms with Crippen LogP contribution in [0.5, 0.6) is 0 Å². The van der Waals surface area contributed by atoms with Crippen molar-refractivity contribution in [3.8, 4) is 0 Å². The summed E-state index contributed by atoms with van der Waals surface area (Å²) in [7, 11) is 1.21. The van der Waals surface area contributed by atoms with Crippen molar-refractivity contribution in [3.63, 3.8) is 0 Å². The second-order valence-corrected chi connectivity index (χ2v) is 10.1. The maximum Gasteiger partial charge on any atom is 0.338 e. The lowest BCUT2D eigenvalue weighted by molar-refractivity contribution is -0.301. The highest BCUT2D eigenvalue weighted by molar-refractivity contribution is 9.10. The Morgan fingerprint density at radius 2 is 1.43 bits per heavy atom. The van der Waals surface area contributed by atoms with Gasteiger partial charge in [-0.05, 0) is 51.0 Å². The summed E-state index contributed by atoms with van der Waals surface area (Å²) in [6.45, 7) is 2.40. The number of halogens is 1. The quantitative estimate of drug-likeness (QED) is 0.186. The molecule has 13 nitrogen and oxygen atoms in total. The van der Waals surface area contributed by atoms with Crippen LogP contribution in [0.15, 0.2) is 40.9 Å². The highest BCUT2D eigenvalue weighted by atomic mass is 79.9. The zero-order valence-corrected chi connectivity index (χ0v) is 24.9. The van der Waals surface area contributed by atoms with E-state index in [9.17, 15) is 29.1 Å². The van der Waals surface area contributed by atoms with Crippen molar-refractivity contribution in [1.29, 1.82) is 0 Å². The van der Waals surface area contributed by atoms with Crippen molar-refractivity contribution < 1.29 is 62.2 Å². The zero-order chi connectivity index (χ0) is 30.8. The third kappa shape index (κ3) is 8.15. The fraction of sp³-hybridized carbons (Fsp3) is 0.536. The number of allylic oxidation sites excluding steroid dienone is 2. The first-order valence-corrected chi connectivity index (χ1v) is 14.1. The summed E-state index contributed by atoms with van der Waals surface area (Å²) in [5.41, 5.74) is 0.119. The zero-order valence-electron chi connectivity index (χ0n) is 23.3. The Hall–Kier alpha value is -3.33. The van der Waals surface area contributed by atoms with Crippen LogP contribution in [0.2, 0.25) is 0 Å². The predicted molar refractivity (Wildman–Crippen MR) is 144 cm³/mol. The summed E-state index contributed by atoms with van der Waals surface area (Å²) >= 11 is 3.28. The van der Waals surface area contributed by atoms with E-state index in [1.54, 1.807) is 26.0 Å². The summed E-state index contributed by atoms with van der Waals surface area (Å²) < 4.78 is 38.9. The first kappa shape index (κ1) is 33.2. The SMILES string of the molecule is CCOC(=O)[C@H]1C/C=C/C[C@H](C(=O)OCC)C(=O)O[C@H]2[C@@H](OC)O[C@H](CO)[C@@H](OC(=O)c3ccc(Br)cc3)[C@@H]2OC1=O. The van der Waals surface area contributed by atoms with Gasteiger partial charge in [0.15, 0.2) is 36.4 Å². The van der Waals surface area contributed by atoms with Gasteiger partial charge in [0.25, 0.3) is 0 Å². The minimum absolute atomic E-state index is 0.00298. The van der Waals surface area contributed by atoms with Gasteiger partial charge in [-0.15, -0.1) is 0 Å². The summed E-state index contributed by atoms with van der Waals surface area (Å²) in [4.78, 5) is 65.2. The van der Waals surface area contributed by atoms with Crippen LogP contribution in [0.1, 0.15) is 37.0 Å². The Bertz CT molecular complexity index is 1150. The first-order valence-electron chi connectivity index (χ1n) is 13.3. The molecule has 1 aromatic carbocycles. The van der Waals surface area contributed by atoms with Crippen molar-refractivity contribution in [1.82, 2.24) is 0 Å². The van der Waals surface area contributed by atoms with Gasteiger partial charge in [0, 0.05) is 11.6 Å². The van der Waals surface area contributed by atoms with Crippen molar-refractivity contribution in [2.24, 2.45) is 11.8 Å². The van der Waals surface area contributed by atoms with E-state index in [2.05, 4.69) is 15.9 Å². The molecule has 0 unspecified atom stereocenters. The topological polar surface area (TPSA) is 170 Å². The molecule has 1 aromatic rings. The van der Waals surface area contributed by atoms with Crippen LogP contribution in [-0.2, 0) is 52.3 Å². The Morgan fingerprint density at radius 1 is 0.905 bits per heavy atom. The average molecular weight is 657 g/mol. The maximum atomic E-state index is 13.4. The molecule has 230 valence electrons. The van der Waals surface area contributed by atoms with Gasteiger partial charge in [0.05, 0.1) is 25.4 Å². The molecular formula is C28H33BrO13. The lowest BCUT2D eigenvalue weighted by atomic mass is 9.96. The Kier molecular flexibility index (Phi) is 12.5. The van der Waals surface area contributed by atoms with Crippen LogP contribution in [0.3, 0.4) is 0 Å². The molecule has 0 spiro atoms. The second kappa shape index (κ2) is 15.8. The summed E-state index contributed by atoms with van der Waals surface area (Å²) in [6, 6.07) is 6.15. The van der Waals surface area contributed by atoms with Gasteiger partial charge in [-0.3, -0.25) is 19.2 Å². The van der Waals surface area contributed by atoms with E-state index in [4.69, 9.17) is 33.2 Å². The first-order chi connectivity index (χ1) is 20.1. The number of fused-ring (bicyclic) bond motifs is 1. The van der Waals surface area contributed by atoms with E-state index in [1.165, 1.54) is 31.4 Å². The molecule has 2 aliphatic rings. The van der Waals surface area contributed by atoms with Crippen LogP contribution in [-0.4, -0.2) is 92.6 Å². The minimum atomic E-state index is -1.64. The van der Waals surface area contributed by atoms with Crippen LogP contribution < -0.4 is 0 Å². The summed E-state index contributed by atoms with van der Waals surface area (Å²) in [6.07, 6.45) is -4.99. The highest BCUT2D eigenvalue weighted by Gasteiger charge is 2.54. The normalized spacial score (nSPS) is 28.9. The molecule has 1 fully saturated rings. The van der Waals surface area contributed by atoms with Gasteiger partial charge < -0.3 is 38.3 Å². The number of ether oxygens (including phenoxy) is 7. The van der Waals surface area contributed by atoms with Crippen LogP contribution in [0, 0.1) is 11.8 Å². The predicted octanol–water partition coefficient (Wildman–Crippen LogP) is 1.87. The second-order valence-electron chi connectivity index (χ2n) is 9.19. The van der Waals surface area contributed by atoms with Crippen LogP contribution >= 0.6 is 15.9 Å². The smallest absolute Gasteiger partial charge is 0.338 e. The molecule has 42 heavy (non-hydrogen) atoms. The van der Waals surface area contributed by atoms with E-state index in [1.807, 2.05) is 0 Å². The fourth-order valence-electron chi connectivity index (χ4n) is 4.35. The molecule has 7 atom stereocenters. The molecule has 0 amide bonds. The van der Waals surface area contributed by atoms with Crippen LogP contribution in [0.4, 0.5) is 0 Å². The van der Waals surface area contributed by atoms with Gasteiger partial charge >= 0.3 is 29.8 Å². The number of carbonyl (C=O) groups is 5. The van der Waals surface area contributed by atoms with Crippen LogP contribution in [0.25, 0.3) is 0 Å². The summed E-state index contributed by atoms with van der Waals surface area (Å²) in [5.74, 6) is -7.59. The van der Waals surface area contributed by atoms with Gasteiger partial charge in [-0.25, -0.2) is 4.79 Å². The van der Waals surface area contributed by atoms with Crippen molar-refractivity contribution in [2.45, 2.75) is 57.4 Å². The molecule has 2 heterocycles. The van der Waals surface area contributed by atoms with E-state index >= 15 is 0 Å². The number of methoxy groups -OCH3 is 1. The number of carbonyl (C=O) groups excluding carboxylic acids is 5. The molecule has 1 saturated heterocycles. The Labute approximate surface area is 250 Å². The molecule has 0 radical (unpaired) electrons. The number of benzene rings is 1. The monoisotopic (exact) mass is 656 g/mol. The molecule has 0 aliphatic carbocycles. The number of aliphatic hydroxyl groups is 1. The fourth-order valence-corrected chi connectivity index (χ4v) is 4.62. The lowest BCUT2D eigenvalue weighted by Crippen LogP contribution is -2.63. The number of rotatable bonds is 8. The van der Waals surface area contributed by atoms with Crippen molar-refractivity contribution in [2.75, 3.05) is 26.9 Å². The molecular weight excluding hydrogens is 624 g/mol. The maximum absolute atomic E-state index is 13.4. The standard InChI is InChI=1S/C28H33BrO13/c1-4-37-24(32)17-8-6-7-9-18(25(33)38-5-2)27(35)42-22-21(41-26(17)34)20(19(14-30)39-28(22)36-3)40-23(31)15-10-12-16(29)13-11-15/h6-7,10-13,17-22,28,30H,4-5,8-9,14H2,1-3H3/b7-6+/t17-,18-,19-,20-,21+,22-,28+/m1/s1. The van der Waals surface area contributed by atoms with Gasteiger partial charge in [0.2, 0.25) is 0 Å². The molecule has 2 aliphatic heterocycles. The minimum Gasteiger partial charge on any atom is -0.465 e. The van der Waals surface area contributed by atoms with Gasteiger partial charge in [-0.2, -0.15) is 0 Å². The van der Waals surface area contributed by atoms with Gasteiger partial charge in [-0.1, -0.05) is 28.1 Å². The molecule has 0 aromatic heterocycles. The number of aliphatic hydroxyl groups excluding tert-OH is 1. The number of hydrogen-bond donors (Lipinski definition) is 1. The molecule has 1 N–H and O–H groups in total. The molecule has 0 saturated carbocycles. The van der Waals surface area contributed by atoms with E-state index < -0.39 is 79.0 Å². The largest absolute Gasteiger partial charge is 0.465 e. The molecule has 3 rings (SSSR count). The number of esters is 5. The third-order valence-electron chi connectivity index (χ3n) is 6.45. The van der Waals surface area contributed by atoms with E-state index in [0.29, 0.717) is 4.47 Å². The van der Waals surface area contributed by atoms with Gasteiger partial charge in [0.1, 0.15) is 6.10 Å². The Balaban J connectivity index is 2.08. The molecule has 0 bridgehead atoms. The molecule has 14 heteroatoms. The lowest BCUT2D eigenvalue weighted by Gasteiger charge is -2.44. The van der Waals surface area contributed by atoms with E-state index in [-0.39, 0.29) is 31.6 Å². The highest BCUT2D eigenvalue weighted by Crippen LogP contribution is 2.32. The average Bonchev–Trinajstić information content (AvgIpc) is 2.96. The summed E-state index contributed by atoms with van der Waals surface area (Å²) in [5, 5.41) is 10.1. The number of hydrogen-bond acceptors (Lipinski definition) is 13. The van der Waals surface area contributed by atoms with Crippen molar-refractivity contribution in [3.05, 3.63) is 46.5 Å². The van der Waals surface area contributed by atoms with E-state index in [0.717, 1.165) is 0 Å². The Morgan fingerprint density at radius 3 is 1.90 bits per heavy atom. The van der Waals surface area contributed by atoms with Crippen molar-refractivity contribution >= 4 is 45.8 Å².